The third kappa shape index (κ3) is 2.32. The first-order valence-corrected chi connectivity index (χ1v) is 7.96. The van der Waals surface area contributed by atoms with Gasteiger partial charge in [-0.05, 0) is 43.4 Å². The molecule has 5 unspecified atom stereocenters. The Kier molecular flexibility index (Phi) is 3.99. The van der Waals surface area contributed by atoms with Gasteiger partial charge >= 0.3 is 0 Å². The van der Waals surface area contributed by atoms with E-state index in [0.29, 0.717) is 18.3 Å². The van der Waals surface area contributed by atoms with Crippen molar-refractivity contribution in [3.63, 3.8) is 0 Å². The lowest BCUT2D eigenvalue weighted by Gasteiger charge is -2.59. The zero-order valence-electron chi connectivity index (χ0n) is 13.2. The molecule has 0 aromatic rings. The van der Waals surface area contributed by atoms with E-state index in [2.05, 4.69) is 34.6 Å². The number of carbonyl (C=O) groups is 1. The molecule has 2 rings (SSSR count). The average Bonchev–Trinajstić information content (AvgIpc) is 2.32. The van der Waals surface area contributed by atoms with Gasteiger partial charge in [0.25, 0.3) is 6.47 Å². The molecule has 5 atom stereocenters. The number of rotatable bonds is 3. The number of hydrogen-bond acceptors (Lipinski definition) is 2. The normalized spacial score (nSPS) is 42.8. The van der Waals surface area contributed by atoms with Crippen molar-refractivity contribution in [2.75, 3.05) is 0 Å². The Balaban J connectivity index is 2.36. The van der Waals surface area contributed by atoms with E-state index in [1.807, 2.05) is 0 Å². The minimum atomic E-state index is -0.265. The Hall–Kier alpha value is -0.530. The van der Waals surface area contributed by atoms with E-state index in [1.165, 1.54) is 32.1 Å². The van der Waals surface area contributed by atoms with Crippen LogP contribution in [0.15, 0.2) is 0 Å². The standard InChI is InChI=1S/C17H30O2/c1-6-13-8-14-7-12(2)17(19-11-18,16(3,4)5)15(9-13)10-14/h11-15H,6-10H2,1-5H3. The molecule has 0 amide bonds. The van der Waals surface area contributed by atoms with Crippen LogP contribution in [0.5, 0.6) is 0 Å². The molecule has 0 radical (unpaired) electrons. The van der Waals surface area contributed by atoms with Crippen molar-refractivity contribution in [3.8, 4) is 0 Å². The molecule has 0 spiro atoms. The van der Waals surface area contributed by atoms with E-state index in [0.717, 1.165) is 11.8 Å². The van der Waals surface area contributed by atoms with Crippen LogP contribution >= 0.6 is 0 Å². The van der Waals surface area contributed by atoms with Gasteiger partial charge in [-0.15, -0.1) is 0 Å². The van der Waals surface area contributed by atoms with Crippen LogP contribution in [-0.4, -0.2) is 12.1 Å². The average molecular weight is 266 g/mol. The van der Waals surface area contributed by atoms with E-state index in [4.69, 9.17) is 4.74 Å². The van der Waals surface area contributed by atoms with Crippen LogP contribution in [0.1, 0.15) is 66.7 Å². The number of hydrogen-bond donors (Lipinski definition) is 0. The second-order valence-electron chi connectivity index (χ2n) is 7.94. The zero-order valence-corrected chi connectivity index (χ0v) is 13.2. The van der Waals surface area contributed by atoms with Crippen molar-refractivity contribution >= 4 is 6.47 Å². The summed E-state index contributed by atoms with van der Waals surface area (Å²) in [5.74, 6) is 2.70. The van der Waals surface area contributed by atoms with Crippen LogP contribution in [-0.2, 0) is 9.53 Å². The molecule has 2 fully saturated rings. The summed E-state index contributed by atoms with van der Waals surface area (Å²) >= 11 is 0. The van der Waals surface area contributed by atoms with E-state index in [1.54, 1.807) is 0 Å². The highest BCUT2D eigenvalue weighted by Crippen LogP contribution is 2.58. The highest BCUT2D eigenvalue weighted by Gasteiger charge is 2.58. The molecule has 19 heavy (non-hydrogen) atoms. The van der Waals surface area contributed by atoms with Crippen molar-refractivity contribution in [1.29, 1.82) is 0 Å². The summed E-state index contributed by atoms with van der Waals surface area (Å²) in [6, 6.07) is 0. The highest BCUT2D eigenvalue weighted by molar-refractivity contribution is 5.39. The van der Waals surface area contributed by atoms with Crippen molar-refractivity contribution in [1.82, 2.24) is 0 Å². The molecule has 0 aliphatic heterocycles. The minimum Gasteiger partial charge on any atom is -0.460 e. The molecule has 2 saturated carbocycles. The Morgan fingerprint density at radius 3 is 2.42 bits per heavy atom. The Bertz CT molecular complexity index is 329. The van der Waals surface area contributed by atoms with Gasteiger partial charge in [0, 0.05) is 11.3 Å². The third-order valence-corrected chi connectivity index (χ3v) is 5.92. The van der Waals surface area contributed by atoms with Gasteiger partial charge < -0.3 is 4.74 Å². The highest BCUT2D eigenvalue weighted by atomic mass is 16.5. The first-order valence-electron chi connectivity index (χ1n) is 7.96. The minimum absolute atomic E-state index is 0.0125. The fraction of sp³-hybridized carbons (Fsp3) is 0.941. The fourth-order valence-electron chi connectivity index (χ4n) is 5.34. The summed E-state index contributed by atoms with van der Waals surface area (Å²) in [7, 11) is 0. The monoisotopic (exact) mass is 266 g/mol. The molecule has 2 nitrogen and oxygen atoms in total. The van der Waals surface area contributed by atoms with Crippen LogP contribution < -0.4 is 0 Å². The van der Waals surface area contributed by atoms with Crippen LogP contribution in [0.25, 0.3) is 0 Å². The van der Waals surface area contributed by atoms with Gasteiger partial charge in [-0.3, -0.25) is 4.79 Å². The summed E-state index contributed by atoms with van der Waals surface area (Å²) in [5, 5.41) is 0. The first-order chi connectivity index (χ1) is 8.85. The second-order valence-corrected chi connectivity index (χ2v) is 7.94. The SMILES string of the molecule is CCC1CC2CC(C)C(OC=O)(C(C)(C)C)C(C1)C2. The first kappa shape index (κ1) is 14.9. The molecule has 0 N–H and O–H groups in total. The third-order valence-electron chi connectivity index (χ3n) is 5.92. The molecule has 0 aromatic carbocycles. The maximum absolute atomic E-state index is 11.2. The van der Waals surface area contributed by atoms with Gasteiger partial charge in [-0.25, -0.2) is 0 Å². The molecular weight excluding hydrogens is 236 g/mol. The van der Waals surface area contributed by atoms with Crippen LogP contribution in [0.3, 0.4) is 0 Å². The molecule has 110 valence electrons. The predicted octanol–water partition coefficient (Wildman–Crippen LogP) is 4.43. The van der Waals surface area contributed by atoms with Gasteiger partial charge in [0.1, 0.15) is 5.60 Å². The van der Waals surface area contributed by atoms with Crippen molar-refractivity contribution in [2.45, 2.75) is 72.3 Å². The molecular formula is C17H30O2. The Morgan fingerprint density at radius 1 is 1.21 bits per heavy atom. The summed E-state index contributed by atoms with van der Waals surface area (Å²) in [4.78, 5) is 11.2. The molecule has 0 saturated heterocycles. The maximum Gasteiger partial charge on any atom is 0.293 e. The topological polar surface area (TPSA) is 26.3 Å². The van der Waals surface area contributed by atoms with E-state index in [-0.39, 0.29) is 11.0 Å². The molecule has 2 aliphatic rings. The lowest BCUT2D eigenvalue weighted by atomic mass is 9.51. The maximum atomic E-state index is 11.2. The van der Waals surface area contributed by atoms with Crippen LogP contribution in [0, 0.1) is 29.1 Å². The molecule has 0 heterocycles. The van der Waals surface area contributed by atoms with Crippen LogP contribution in [0.2, 0.25) is 0 Å². The lowest BCUT2D eigenvalue weighted by Crippen LogP contribution is -2.60. The summed E-state index contributed by atoms with van der Waals surface area (Å²) in [5.41, 5.74) is -0.252. The van der Waals surface area contributed by atoms with Gasteiger partial charge in [-0.1, -0.05) is 41.0 Å². The molecule has 2 heteroatoms. The Labute approximate surface area is 118 Å². The van der Waals surface area contributed by atoms with E-state index in [9.17, 15) is 4.79 Å². The summed E-state index contributed by atoms with van der Waals surface area (Å²) in [6.45, 7) is 12.0. The lowest BCUT2D eigenvalue weighted by molar-refractivity contribution is -0.210. The number of ether oxygens (including phenoxy) is 1. The largest absolute Gasteiger partial charge is 0.460 e. The van der Waals surface area contributed by atoms with E-state index >= 15 is 0 Å². The second kappa shape index (κ2) is 5.10. The van der Waals surface area contributed by atoms with Crippen molar-refractivity contribution < 1.29 is 9.53 Å². The Morgan fingerprint density at radius 2 is 1.89 bits per heavy atom. The van der Waals surface area contributed by atoms with Gasteiger partial charge in [0.2, 0.25) is 0 Å². The number of carbonyl (C=O) groups excluding carboxylic acids is 1. The van der Waals surface area contributed by atoms with Gasteiger partial charge in [-0.2, -0.15) is 0 Å². The van der Waals surface area contributed by atoms with E-state index < -0.39 is 0 Å². The molecule has 2 bridgehead atoms. The number of fused-ring (bicyclic) bond motifs is 2. The quantitative estimate of drug-likeness (QED) is 0.706. The van der Waals surface area contributed by atoms with Crippen LogP contribution in [0.4, 0.5) is 0 Å². The zero-order chi connectivity index (χ0) is 14.3. The predicted molar refractivity (Wildman–Crippen MR) is 77.7 cm³/mol. The summed E-state index contributed by atoms with van der Waals surface area (Å²) < 4.78 is 5.85. The van der Waals surface area contributed by atoms with Crippen molar-refractivity contribution in [2.24, 2.45) is 29.1 Å². The molecule has 0 aromatic heterocycles. The van der Waals surface area contributed by atoms with Gasteiger partial charge in [0.15, 0.2) is 0 Å². The fourth-order valence-corrected chi connectivity index (χ4v) is 5.34. The summed E-state index contributed by atoms with van der Waals surface area (Å²) in [6.07, 6.45) is 6.37. The molecule has 2 aliphatic carbocycles. The smallest absolute Gasteiger partial charge is 0.293 e. The van der Waals surface area contributed by atoms with Crippen molar-refractivity contribution in [3.05, 3.63) is 0 Å². The van der Waals surface area contributed by atoms with Gasteiger partial charge in [0.05, 0.1) is 0 Å².